The molecule has 2 heteroatoms. The number of hydrogen-bond donors (Lipinski definition) is 1. The zero-order valence-corrected chi connectivity index (χ0v) is 8.35. The summed E-state index contributed by atoms with van der Waals surface area (Å²) < 4.78 is 0. The normalized spacial score (nSPS) is 37.8. The first-order chi connectivity index (χ1) is 5.90. The number of aliphatic hydroxyl groups excluding tert-OH is 1. The lowest BCUT2D eigenvalue weighted by Crippen LogP contribution is -2.33. The van der Waals surface area contributed by atoms with Crippen molar-refractivity contribution in [2.45, 2.75) is 25.7 Å². The molecule has 0 aromatic carbocycles. The Balaban J connectivity index is 1.72. The van der Waals surface area contributed by atoms with Crippen LogP contribution in [-0.2, 0) is 0 Å². The monoisotopic (exact) mass is 186 g/mol. The van der Waals surface area contributed by atoms with E-state index in [2.05, 4.69) is 11.8 Å². The van der Waals surface area contributed by atoms with Crippen LogP contribution in [0.4, 0.5) is 0 Å². The zero-order chi connectivity index (χ0) is 8.39. The smallest absolute Gasteiger partial charge is 0.0459 e. The molecule has 0 spiro atoms. The van der Waals surface area contributed by atoms with Gasteiger partial charge in [0.1, 0.15) is 0 Å². The molecule has 1 saturated carbocycles. The molecule has 0 amide bonds. The first-order valence-electron chi connectivity index (χ1n) is 5.08. The van der Waals surface area contributed by atoms with Crippen LogP contribution >= 0.6 is 11.8 Å². The van der Waals surface area contributed by atoms with Gasteiger partial charge in [0.15, 0.2) is 0 Å². The van der Waals surface area contributed by atoms with Gasteiger partial charge in [-0.2, -0.15) is 11.8 Å². The Morgan fingerprint density at radius 1 is 1.08 bits per heavy atom. The molecule has 2 rings (SSSR count). The van der Waals surface area contributed by atoms with Gasteiger partial charge in [-0.05, 0) is 54.9 Å². The average Bonchev–Trinajstić information content (AvgIpc) is 2.04. The summed E-state index contributed by atoms with van der Waals surface area (Å²) in [6.45, 7) is 0.429. The Labute approximate surface area is 78.9 Å². The maximum atomic E-state index is 8.90. The molecule has 1 aliphatic carbocycles. The Kier molecular flexibility index (Phi) is 2.97. The Morgan fingerprint density at radius 2 is 1.75 bits per heavy atom. The van der Waals surface area contributed by atoms with E-state index in [1.54, 1.807) is 0 Å². The molecule has 0 radical (unpaired) electrons. The fraction of sp³-hybridized carbons (Fsp3) is 1.00. The van der Waals surface area contributed by atoms with Crippen molar-refractivity contribution in [1.29, 1.82) is 0 Å². The fourth-order valence-corrected chi connectivity index (χ4v) is 3.65. The molecule has 0 aromatic heterocycles. The molecule has 1 aliphatic heterocycles. The van der Waals surface area contributed by atoms with Crippen LogP contribution < -0.4 is 0 Å². The van der Waals surface area contributed by atoms with E-state index >= 15 is 0 Å². The van der Waals surface area contributed by atoms with Crippen LogP contribution in [0.15, 0.2) is 0 Å². The summed E-state index contributed by atoms with van der Waals surface area (Å²) in [4.78, 5) is 0. The first kappa shape index (κ1) is 8.89. The standard InChI is InChI=1S/C10H18OS/c11-7-8-5-10(6-8)9-1-3-12-4-2-9/h8-11H,1-7H2. The van der Waals surface area contributed by atoms with Crippen LogP contribution in [0.3, 0.4) is 0 Å². The maximum absolute atomic E-state index is 8.90. The summed E-state index contributed by atoms with van der Waals surface area (Å²) in [6.07, 6.45) is 5.50. The molecule has 1 nitrogen and oxygen atoms in total. The second-order valence-corrected chi connectivity index (χ2v) is 5.45. The quantitative estimate of drug-likeness (QED) is 0.713. The van der Waals surface area contributed by atoms with Gasteiger partial charge in [0.05, 0.1) is 0 Å². The van der Waals surface area contributed by atoms with E-state index in [-0.39, 0.29) is 0 Å². The fourth-order valence-electron chi connectivity index (χ4n) is 2.51. The van der Waals surface area contributed by atoms with Gasteiger partial charge in [-0.1, -0.05) is 0 Å². The molecule has 1 saturated heterocycles. The van der Waals surface area contributed by atoms with Gasteiger partial charge in [0.25, 0.3) is 0 Å². The van der Waals surface area contributed by atoms with E-state index in [1.807, 2.05) is 0 Å². The third-order valence-electron chi connectivity index (χ3n) is 3.46. The van der Waals surface area contributed by atoms with Gasteiger partial charge in [-0.3, -0.25) is 0 Å². The van der Waals surface area contributed by atoms with Crippen molar-refractivity contribution < 1.29 is 5.11 Å². The molecule has 2 aliphatic rings. The van der Waals surface area contributed by atoms with Gasteiger partial charge >= 0.3 is 0 Å². The molecule has 1 N–H and O–H groups in total. The van der Waals surface area contributed by atoms with Crippen LogP contribution in [0, 0.1) is 17.8 Å². The number of aliphatic hydroxyl groups is 1. The van der Waals surface area contributed by atoms with Gasteiger partial charge in [-0.15, -0.1) is 0 Å². The van der Waals surface area contributed by atoms with Crippen molar-refractivity contribution in [3.05, 3.63) is 0 Å². The van der Waals surface area contributed by atoms with Gasteiger partial charge < -0.3 is 5.11 Å². The third kappa shape index (κ3) is 1.80. The van der Waals surface area contributed by atoms with Crippen molar-refractivity contribution in [3.63, 3.8) is 0 Å². The Morgan fingerprint density at radius 3 is 2.33 bits per heavy atom. The summed E-state index contributed by atoms with van der Waals surface area (Å²) in [5.74, 6) is 5.40. The molecular formula is C10H18OS. The number of thioether (sulfide) groups is 1. The van der Waals surface area contributed by atoms with E-state index < -0.39 is 0 Å². The van der Waals surface area contributed by atoms with Crippen molar-refractivity contribution in [2.24, 2.45) is 17.8 Å². The zero-order valence-electron chi connectivity index (χ0n) is 7.54. The minimum absolute atomic E-state index is 0.429. The summed E-state index contributed by atoms with van der Waals surface area (Å²) in [5.41, 5.74) is 0. The van der Waals surface area contributed by atoms with Crippen LogP contribution in [0.2, 0.25) is 0 Å². The topological polar surface area (TPSA) is 20.2 Å². The molecule has 0 atom stereocenters. The highest BCUT2D eigenvalue weighted by Crippen LogP contribution is 2.43. The minimum atomic E-state index is 0.429. The van der Waals surface area contributed by atoms with Crippen molar-refractivity contribution >= 4 is 11.8 Å². The van der Waals surface area contributed by atoms with E-state index in [1.165, 1.54) is 37.2 Å². The maximum Gasteiger partial charge on any atom is 0.0459 e. The lowest BCUT2D eigenvalue weighted by molar-refractivity contribution is 0.0662. The van der Waals surface area contributed by atoms with Gasteiger partial charge in [-0.25, -0.2) is 0 Å². The van der Waals surface area contributed by atoms with E-state index in [9.17, 15) is 0 Å². The molecule has 2 fully saturated rings. The van der Waals surface area contributed by atoms with Crippen molar-refractivity contribution in [1.82, 2.24) is 0 Å². The molecule has 0 unspecified atom stereocenters. The van der Waals surface area contributed by atoms with E-state index in [0.717, 1.165) is 11.8 Å². The van der Waals surface area contributed by atoms with Crippen LogP contribution in [-0.4, -0.2) is 23.2 Å². The third-order valence-corrected chi connectivity index (χ3v) is 4.51. The lowest BCUT2D eigenvalue weighted by atomic mass is 9.67. The highest BCUT2D eigenvalue weighted by Gasteiger charge is 2.34. The summed E-state index contributed by atoms with van der Waals surface area (Å²) >= 11 is 2.11. The van der Waals surface area contributed by atoms with Crippen LogP contribution in [0.5, 0.6) is 0 Å². The molecular weight excluding hydrogens is 168 g/mol. The second-order valence-electron chi connectivity index (χ2n) is 4.23. The second kappa shape index (κ2) is 4.01. The minimum Gasteiger partial charge on any atom is -0.396 e. The highest BCUT2D eigenvalue weighted by molar-refractivity contribution is 7.99. The van der Waals surface area contributed by atoms with Crippen molar-refractivity contribution in [2.75, 3.05) is 18.1 Å². The van der Waals surface area contributed by atoms with Gasteiger partial charge in [0.2, 0.25) is 0 Å². The van der Waals surface area contributed by atoms with E-state index in [0.29, 0.717) is 12.5 Å². The molecule has 12 heavy (non-hydrogen) atoms. The highest BCUT2D eigenvalue weighted by atomic mass is 32.2. The Hall–Kier alpha value is 0.310. The summed E-state index contributed by atoms with van der Waals surface area (Å²) in [6, 6.07) is 0. The Bertz CT molecular complexity index is 137. The SMILES string of the molecule is OCC1CC(C2CCSCC2)C1. The first-order valence-corrected chi connectivity index (χ1v) is 6.24. The van der Waals surface area contributed by atoms with E-state index in [4.69, 9.17) is 5.11 Å². The summed E-state index contributed by atoms with van der Waals surface area (Å²) in [5, 5.41) is 8.90. The molecule has 0 bridgehead atoms. The average molecular weight is 186 g/mol. The lowest BCUT2D eigenvalue weighted by Gasteiger charge is -2.41. The molecule has 70 valence electrons. The molecule has 1 heterocycles. The van der Waals surface area contributed by atoms with Crippen molar-refractivity contribution in [3.8, 4) is 0 Å². The van der Waals surface area contributed by atoms with Crippen LogP contribution in [0.1, 0.15) is 25.7 Å². The molecule has 0 aromatic rings. The number of hydrogen-bond acceptors (Lipinski definition) is 2. The predicted molar refractivity (Wildman–Crippen MR) is 53.3 cm³/mol. The van der Waals surface area contributed by atoms with Gasteiger partial charge in [0, 0.05) is 6.61 Å². The largest absolute Gasteiger partial charge is 0.396 e. The summed E-state index contributed by atoms with van der Waals surface area (Å²) in [7, 11) is 0. The predicted octanol–water partition coefficient (Wildman–Crippen LogP) is 2.15. The van der Waals surface area contributed by atoms with Crippen LogP contribution in [0.25, 0.3) is 0 Å². The number of rotatable bonds is 2.